The summed E-state index contributed by atoms with van der Waals surface area (Å²) in [6.45, 7) is 5.97. The molecule has 3 atom stereocenters. The van der Waals surface area contributed by atoms with E-state index in [1.165, 1.54) is 0 Å². The molecular weight excluding hydrogens is 220 g/mol. The lowest BCUT2D eigenvalue weighted by Crippen LogP contribution is -2.65. The van der Waals surface area contributed by atoms with E-state index >= 15 is 0 Å². The fourth-order valence-electron chi connectivity index (χ4n) is 1.98. The van der Waals surface area contributed by atoms with E-state index in [1.54, 1.807) is 13.8 Å². The predicted molar refractivity (Wildman–Crippen MR) is 64.5 cm³/mol. The van der Waals surface area contributed by atoms with Gasteiger partial charge in [0.2, 0.25) is 5.91 Å². The highest BCUT2D eigenvalue weighted by Gasteiger charge is 2.37. The largest absolute Gasteiger partial charge is 0.465 e. The van der Waals surface area contributed by atoms with Crippen molar-refractivity contribution in [3.8, 4) is 0 Å². The van der Waals surface area contributed by atoms with Gasteiger partial charge in [-0.25, -0.2) is 0 Å². The number of hydrogen-bond donors (Lipinski definition) is 2. The van der Waals surface area contributed by atoms with Crippen molar-refractivity contribution in [1.29, 1.82) is 0 Å². The molecule has 0 unspecified atom stereocenters. The Hall–Kier alpha value is -1.10. The summed E-state index contributed by atoms with van der Waals surface area (Å²) < 4.78 is 5.02. The first kappa shape index (κ1) is 14.0. The van der Waals surface area contributed by atoms with Crippen molar-refractivity contribution in [2.24, 2.45) is 0 Å². The molecule has 0 aromatic carbocycles. The standard InChI is InChI=1S/C12H22N2O3/c1-4-6-7-9-10(12(16)17-5-2)13-8(3)11(15)14-9/h8-10,13H,4-7H2,1-3H3,(H,14,15)/t8-,9-,10-/m1/s1. The van der Waals surface area contributed by atoms with E-state index in [0.717, 1.165) is 19.3 Å². The monoisotopic (exact) mass is 242 g/mol. The van der Waals surface area contributed by atoms with Crippen LogP contribution in [-0.4, -0.2) is 36.6 Å². The van der Waals surface area contributed by atoms with Crippen molar-refractivity contribution in [2.45, 2.75) is 58.2 Å². The lowest BCUT2D eigenvalue weighted by Gasteiger charge is -2.35. The summed E-state index contributed by atoms with van der Waals surface area (Å²) in [5.74, 6) is -0.327. The van der Waals surface area contributed by atoms with Crippen LogP contribution in [-0.2, 0) is 14.3 Å². The molecule has 5 heteroatoms. The number of rotatable bonds is 5. The van der Waals surface area contributed by atoms with Gasteiger partial charge < -0.3 is 10.1 Å². The van der Waals surface area contributed by atoms with Crippen LogP contribution in [0.2, 0.25) is 0 Å². The quantitative estimate of drug-likeness (QED) is 0.692. The molecule has 2 N–H and O–H groups in total. The molecule has 0 spiro atoms. The number of carbonyl (C=O) groups is 2. The maximum Gasteiger partial charge on any atom is 0.325 e. The second kappa shape index (κ2) is 6.59. The van der Waals surface area contributed by atoms with Crippen LogP contribution in [0.25, 0.3) is 0 Å². The zero-order valence-electron chi connectivity index (χ0n) is 10.8. The second-order valence-corrected chi connectivity index (χ2v) is 4.38. The van der Waals surface area contributed by atoms with Crippen LogP contribution in [0.5, 0.6) is 0 Å². The van der Waals surface area contributed by atoms with Gasteiger partial charge in [0.25, 0.3) is 0 Å². The summed E-state index contributed by atoms with van der Waals surface area (Å²) in [5.41, 5.74) is 0. The number of carbonyl (C=O) groups excluding carboxylic acids is 2. The third-order valence-electron chi connectivity index (χ3n) is 2.96. The van der Waals surface area contributed by atoms with Gasteiger partial charge >= 0.3 is 5.97 Å². The number of ether oxygens (including phenoxy) is 1. The molecular formula is C12H22N2O3. The SMILES string of the molecule is CCCC[C@H]1NC(=O)[C@@H](C)N[C@H]1C(=O)OCC. The smallest absolute Gasteiger partial charge is 0.325 e. The number of piperazine rings is 1. The summed E-state index contributed by atoms with van der Waals surface area (Å²) in [5, 5.41) is 5.91. The van der Waals surface area contributed by atoms with E-state index in [1.807, 2.05) is 0 Å². The minimum Gasteiger partial charge on any atom is -0.465 e. The highest BCUT2D eigenvalue weighted by atomic mass is 16.5. The van der Waals surface area contributed by atoms with Crippen molar-refractivity contribution in [1.82, 2.24) is 10.6 Å². The number of unbranched alkanes of at least 4 members (excludes halogenated alkanes) is 1. The van der Waals surface area contributed by atoms with Crippen molar-refractivity contribution in [2.75, 3.05) is 6.61 Å². The minimum absolute atomic E-state index is 0.0494. The van der Waals surface area contributed by atoms with Crippen LogP contribution in [0.3, 0.4) is 0 Å². The molecule has 98 valence electrons. The Bertz CT molecular complexity index is 281. The van der Waals surface area contributed by atoms with Gasteiger partial charge in [-0.15, -0.1) is 0 Å². The first-order chi connectivity index (χ1) is 8.10. The minimum atomic E-state index is -0.422. The number of esters is 1. The summed E-state index contributed by atoms with van der Waals surface area (Å²) in [7, 11) is 0. The number of nitrogens with one attached hydrogen (secondary N) is 2. The number of amides is 1. The Morgan fingerprint density at radius 3 is 2.71 bits per heavy atom. The lowest BCUT2D eigenvalue weighted by molar-refractivity contribution is -0.148. The van der Waals surface area contributed by atoms with Crippen molar-refractivity contribution < 1.29 is 14.3 Å². The molecule has 0 aromatic heterocycles. The molecule has 1 heterocycles. The zero-order chi connectivity index (χ0) is 12.8. The summed E-state index contributed by atoms with van der Waals surface area (Å²) >= 11 is 0. The third kappa shape index (κ3) is 3.70. The van der Waals surface area contributed by atoms with Crippen LogP contribution in [0.1, 0.15) is 40.0 Å². The molecule has 1 amide bonds. The first-order valence-corrected chi connectivity index (χ1v) is 6.33. The van der Waals surface area contributed by atoms with Gasteiger partial charge in [-0.3, -0.25) is 14.9 Å². The van der Waals surface area contributed by atoms with Gasteiger partial charge in [0, 0.05) is 0 Å². The predicted octanol–water partition coefficient (Wildman–Crippen LogP) is 0.585. The Kier molecular flexibility index (Phi) is 5.41. The van der Waals surface area contributed by atoms with Crippen LogP contribution < -0.4 is 10.6 Å². The molecule has 17 heavy (non-hydrogen) atoms. The highest BCUT2D eigenvalue weighted by molar-refractivity contribution is 5.87. The van der Waals surface area contributed by atoms with Gasteiger partial charge in [0.05, 0.1) is 18.7 Å². The Morgan fingerprint density at radius 2 is 2.12 bits per heavy atom. The van der Waals surface area contributed by atoms with E-state index in [9.17, 15) is 9.59 Å². The molecule has 0 radical (unpaired) electrons. The molecule has 1 aliphatic rings. The maximum absolute atomic E-state index is 11.8. The Balaban J connectivity index is 2.66. The van der Waals surface area contributed by atoms with Crippen LogP contribution in [0.15, 0.2) is 0 Å². The molecule has 1 saturated heterocycles. The van der Waals surface area contributed by atoms with Crippen LogP contribution in [0, 0.1) is 0 Å². The van der Waals surface area contributed by atoms with Gasteiger partial charge in [0.15, 0.2) is 0 Å². The van der Waals surface area contributed by atoms with Crippen molar-refractivity contribution in [3.05, 3.63) is 0 Å². The molecule has 1 rings (SSSR count). The fraction of sp³-hybridized carbons (Fsp3) is 0.833. The molecule has 1 aliphatic heterocycles. The average Bonchev–Trinajstić information content (AvgIpc) is 2.30. The topological polar surface area (TPSA) is 67.4 Å². The highest BCUT2D eigenvalue weighted by Crippen LogP contribution is 2.12. The van der Waals surface area contributed by atoms with Crippen LogP contribution >= 0.6 is 0 Å². The molecule has 0 aromatic rings. The van der Waals surface area contributed by atoms with Crippen LogP contribution in [0.4, 0.5) is 0 Å². The maximum atomic E-state index is 11.8. The summed E-state index contributed by atoms with van der Waals surface area (Å²) in [6.07, 6.45) is 2.82. The second-order valence-electron chi connectivity index (χ2n) is 4.38. The number of hydrogen-bond acceptors (Lipinski definition) is 4. The van der Waals surface area contributed by atoms with E-state index in [-0.39, 0.29) is 24.0 Å². The van der Waals surface area contributed by atoms with Crippen molar-refractivity contribution in [3.63, 3.8) is 0 Å². The normalized spacial score (nSPS) is 28.6. The Morgan fingerprint density at radius 1 is 1.41 bits per heavy atom. The van der Waals surface area contributed by atoms with Gasteiger partial charge in [-0.1, -0.05) is 19.8 Å². The zero-order valence-corrected chi connectivity index (χ0v) is 10.8. The first-order valence-electron chi connectivity index (χ1n) is 6.33. The molecule has 5 nitrogen and oxygen atoms in total. The molecule has 0 saturated carbocycles. The fourth-order valence-corrected chi connectivity index (χ4v) is 1.98. The summed E-state index contributed by atoms with van der Waals surface area (Å²) in [4.78, 5) is 23.4. The third-order valence-corrected chi connectivity index (χ3v) is 2.96. The van der Waals surface area contributed by atoms with Crippen molar-refractivity contribution >= 4 is 11.9 Å². The van der Waals surface area contributed by atoms with E-state index < -0.39 is 6.04 Å². The van der Waals surface area contributed by atoms with Gasteiger partial charge in [0.1, 0.15) is 6.04 Å². The van der Waals surface area contributed by atoms with Gasteiger partial charge in [-0.2, -0.15) is 0 Å². The van der Waals surface area contributed by atoms with E-state index in [4.69, 9.17) is 4.74 Å². The molecule has 1 fully saturated rings. The lowest BCUT2D eigenvalue weighted by atomic mass is 9.97. The average molecular weight is 242 g/mol. The Labute approximate surface area is 102 Å². The molecule has 0 bridgehead atoms. The van der Waals surface area contributed by atoms with Gasteiger partial charge in [-0.05, 0) is 20.3 Å². The molecule has 0 aliphatic carbocycles. The van der Waals surface area contributed by atoms with E-state index in [2.05, 4.69) is 17.6 Å². The van der Waals surface area contributed by atoms with E-state index in [0.29, 0.717) is 6.61 Å². The summed E-state index contributed by atoms with van der Waals surface area (Å²) in [6, 6.07) is -0.922.